The fourth-order valence-corrected chi connectivity index (χ4v) is 3.14. The molecule has 0 aliphatic heterocycles. The van der Waals surface area contributed by atoms with Gasteiger partial charge in [0, 0.05) is 12.1 Å². The summed E-state index contributed by atoms with van der Waals surface area (Å²) in [5.41, 5.74) is 3.31. The minimum absolute atomic E-state index is 0.422. The number of aliphatic hydroxyl groups is 1. The van der Waals surface area contributed by atoms with Gasteiger partial charge in [-0.15, -0.1) is 11.3 Å². The van der Waals surface area contributed by atoms with Gasteiger partial charge < -0.3 is 10.0 Å². The van der Waals surface area contributed by atoms with Gasteiger partial charge in [-0.3, -0.25) is 0 Å². The van der Waals surface area contributed by atoms with Crippen molar-refractivity contribution in [1.82, 2.24) is 9.88 Å². The van der Waals surface area contributed by atoms with E-state index in [9.17, 15) is 5.11 Å². The molecule has 1 heterocycles. The lowest BCUT2D eigenvalue weighted by Gasteiger charge is -2.13. The summed E-state index contributed by atoms with van der Waals surface area (Å²) in [6, 6.07) is 8.36. The lowest BCUT2D eigenvalue weighted by molar-refractivity contribution is 0.157. The summed E-state index contributed by atoms with van der Waals surface area (Å²) in [4.78, 5) is 7.68. The maximum atomic E-state index is 10.3. The molecule has 1 N–H and O–H groups in total. The zero-order chi connectivity index (χ0) is 14.7. The van der Waals surface area contributed by atoms with Crippen LogP contribution in [0.1, 0.15) is 28.7 Å². The third kappa shape index (κ3) is 3.66. The Labute approximate surface area is 124 Å². The highest BCUT2D eigenvalue weighted by Gasteiger charge is 2.16. The van der Waals surface area contributed by atoms with Gasteiger partial charge in [-0.05, 0) is 34.4 Å². The molecule has 3 nitrogen and oxygen atoms in total. The van der Waals surface area contributed by atoms with E-state index < -0.39 is 6.10 Å². The zero-order valence-electron chi connectivity index (χ0n) is 12.6. The highest BCUT2D eigenvalue weighted by molar-refractivity contribution is 7.15. The molecule has 2 rings (SSSR count). The molecule has 0 saturated heterocycles. The molecule has 0 bridgehead atoms. The molecule has 108 valence electrons. The Morgan fingerprint density at radius 2 is 1.85 bits per heavy atom. The van der Waals surface area contributed by atoms with Gasteiger partial charge in [0.15, 0.2) is 0 Å². The summed E-state index contributed by atoms with van der Waals surface area (Å²) in [6.45, 7) is 4.92. The van der Waals surface area contributed by atoms with Crippen LogP contribution in [-0.4, -0.2) is 35.6 Å². The van der Waals surface area contributed by atoms with Crippen molar-refractivity contribution in [3.05, 3.63) is 40.4 Å². The number of aliphatic hydroxyl groups excluding tert-OH is 1. The SMILES string of the molecule is Cc1ccc(-c2nc(C)c(C(O)CCN(C)C)s2)cc1. The molecular formula is C16H22N2OS. The highest BCUT2D eigenvalue weighted by Crippen LogP contribution is 2.33. The van der Waals surface area contributed by atoms with Gasteiger partial charge in [0.05, 0.1) is 16.7 Å². The predicted molar refractivity (Wildman–Crippen MR) is 85.2 cm³/mol. The Balaban J connectivity index is 2.18. The molecule has 0 aliphatic rings. The maximum absolute atomic E-state index is 10.3. The van der Waals surface area contributed by atoms with Gasteiger partial charge >= 0.3 is 0 Å². The van der Waals surface area contributed by atoms with Crippen molar-refractivity contribution in [3.63, 3.8) is 0 Å². The van der Waals surface area contributed by atoms with Crippen molar-refractivity contribution in [2.45, 2.75) is 26.4 Å². The molecule has 2 aromatic rings. The molecular weight excluding hydrogens is 268 g/mol. The fraction of sp³-hybridized carbons (Fsp3) is 0.438. The molecule has 0 saturated carbocycles. The summed E-state index contributed by atoms with van der Waals surface area (Å²) in [5.74, 6) is 0. The molecule has 0 spiro atoms. The molecule has 0 aliphatic carbocycles. The van der Waals surface area contributed by atoms with Crippen molar-refractivity contribution in [2.75, 3.05) is 20.6 Å². The monoisotopic (exact) mass is 290 g/mol. The van der Waals surface area contributed by atoms with Gasteiger partial charge in [0.25, 0.3) is 0 Å². The van der Waals surface area contributed by atoms with E-state index in [1.54, 1.807) is 11.3 Å². The Hall–Kier alpha value is -1.23. The average Bonchev–Trinajstić information content (AvgIpc) is 2.79. The number of rotatable bonds is 5. The Kier molecular flexibility index (Phi) is 4.91. The first kappa shape index (κ1) is 15.2. The number of aryl methyl sites for hydroxylation is 2. The summed E-state index contributed by atoms with van der Waals surface area (Å²) in [7, 11) is 4.04. The van der Waals surface area contributed by atoms with Crippen LogP contribution in [0, 0.1) is 13.8 Å². The maximum Gasteiger partial charge on any atom is 0.123 e. The first-order valence-electron chi connectivity index (χ1n) is 6.84. The third-order valence-corrected chi connectivity index (χ3v) is 4.59. The van der Waals surface area contributed by atoms with Crippen molar-refractivity contribution >= 4 is 11.3 Å². The largest absolute Gasteiger partial charge is 0.387 e. The molecule has 1 aromatic carbocycles. The summed E-state index contributed by atoms with van der Waals surface area (Å²) < 4.78 is 0. The van der Waals surface area contributed by atoms with Gasteiger partial charge in [-0.2, -0.15) is 0 Å². The minimum atomic E-state index is -0.422. The van der Waals surface area contributed by atoms with Crippen LogP contribution in [0.3, 0.4) is 0 Å². The lowest BCUT2D eigenvalue weighted by atomic mass is 10.1. The van der Waals surface area contributed by atoms with Crippen LogP contribution in [0.25, 0.3) is 10.6 Å². The predicted octanol–water partition coefficient (Wildman–Crippen LogP) is 3.41. The van der Waals surface area contributed by atoms with E-state index >= 15 is 0 Å². The van der Waals surface area contributed by atoms with Crippen LogP contribution in [0.4, 0.5) is 0 Å². The molecule has 20 heavy (non-hydrogen) atoms. The number of benzene rings is 1. The fourth-order valence-electron chi connectivity index (χ4n) is 2.05. The first-order chi connectivity index (χ1) is 9.47. The molecule has 0 amide bonds. The number of aromatic nitrogens is 1. The second kappa shape index (κ2) is 6.48. The topological polar surface area (TPSA) is 36.4 Å². The minimum Gasteiger partial charge on any atom is -0.387 e. The smallest absolute Gasteiger partial charge is 0.123 e. The van der Waals surface area contributed by atoms with E-state index in [0.717, 1.165) is 34.1 Å². The third-order valence-electron chi connectivity index (χ3n) is 3.28. The van der Waals surface area contributed by atoms with Crippen molar-refractivity contribution in [2.24, 2.45) is 0 Å². The molecule has 1 aromatic heterocycles. The normalized spacial score (nSPS) is 12.9. The summed E-state index contributed by atoms with van der Waals surface area (Å²) in [5, 5.41) is 11.3. The van der Waals surface area contributed by atoms with Crippen LogP contribution in [0.15, 0.2) is 24.3 Å². The van der Waals surface area contributed by atoms with Crippen LogP contribution in [0.2, 0.25) is 0 Å². The molecule has 1 unspecified atom stereocenters. The Morgan fingerprint density at radius 1 is 1.20 bits per heavy atom. The van der Waals surface area contributed by atoms with Crippen LogP contribution < -0.4 is 0 Å². The summed E-state index contributed by atoms with van der Waals surface area (Å²) >= 11 is 1.60. The van der Waals surface area contributed by atoms with E-state index in [1.165, 1.54) is 5.56 Å². The van der Waals surface area contributed by atoms with Crippen molar-refractivity contribution < 1.29 is 5.11 Å². The Morgan fingerprint density at radius 3 is 2.45 bits per heavy atom. The quantitative estimate of drug-likeness (QED) is 0.916. The Bertz CT molecular complexity index is 560. The van der Waals surface area contributed by atoms with Gasteiger partial charge in [0.2, 0.25) is 0 Å². The second-order valence-electron chi connectivity index (χ2n) is 5.44. The van der Waals surface area contributed by atoms with E-state index in [-0.39, 0.29) is 0 Å². The van der Waals surface area contributed by atoms with Crippen LogP contribution >= 0.6 is 11.3 Å². The zero-order valence-corrected chi connectivity index (χ0v) is 13.4. The number of hydrogen-bond donors (Lipinski definition) is 1. The van der Waals surface area contributed by atoms with Crippen molar-refractivity contribution in [3.8, 4) is 10.6 Å². The number of nitrogens with zero attached hydrogens (tertiary/aromatic N) is 2. The lowest BCUT2D eigenvalue weighted by Crippen LogP contribution is -2.15. The second-order valence-corrected chi connectivity index (χ2v) is 6.47. The van der Waals surface area contributed by atoms with E-state index in [4.69, 9.17) is 0 Å². The highest BCUT2D eigenvalue weighted by atomic mass is 32.1. The number of hydrogen-bond acceptors (Lipinski definition) is 4. The molecule has 0 fully saturated rings. The van der Waals surface area contributed by atoms with Crippen molar-refractivity contribution in [1.29, 1.82) is 0 Å². The van der Waals surface area contributed by atoms with Crippen LogP contribution in [-0.2, 0) is 0 Å². The average molecular weight is 290 g/mol. The molecule has 4 heteroatoms. The molecule has 0 radical (unpaired) electrons. The van der Waals surface area contributed by atoms with Gasteiger partial charge in [-0.25, -0.2) is 4.98 Å². The van der Waals surface area contributed by atoms with E-state index in [0.29, 0.717) is 0 Å². The van der Waals surface area contributed by atoms with E-state index in [1.807, 2.05) is 21.0 Å². The van der Waals surface area contributed by atoms with E-state index in [2.05, 4.69) is 41.1 Å². The standard InChI is InChI=1S/C16H22N2OS/c1-11-5-7-13(8-6-11)16-17-12(2)15(20-16)14(19)9-10-18(3)4/h5-8,14,19H,9-10H2,1-4H3. The van der Waals surface area contributed by atoms with Crippen LogP contribution in [0.5, 0.6) is 0 Å². The first-order valence-corrected chi connectivity index (χ1v) is 7.66. The summed E-state index contributed by atoms with van der Waals surface area (Å²) in [6.07, 6.45) is 0.317. The van der Waals surface area contributed by atoms with Gasteiger partial charge in [0.1, 0.15) is 5.01 Å². The number of thiazole rings is 1. The molecule has 1 atom stereocenters. The van der Waals surface area contributed by atoms with Gasteiger partial charge in [-0.1, -0.05) is 29.8 Å².